The summed E-state index contributed by atoms with van der Waals surface area (Å²) in [5.74, 6) is -1.33. The van der Waals surface area contributed by atoms with Crippen LogP contribution in [0.2, 0.25) is 0 Å². The smallest absolute Gasteiger partial charge is 0.236 e. The van der Waals surface area contributed by atoms with Crippen LogP contribution in [0.15, 0.2) is 12.4 Å². The molecule has 0 amide bonds. The van der Waals surface area contributed by atoms with Crippen molar-refractivity contribution in [1.82, 2.24) is 4.57 Å². The fourth-order valence-corrected chi connectivity index (χ4v) is 4.34. The van der Waals surface area contributed by atoms with Gasteiger partial charge in [0.2, 0.25) is 0 Å². The van der Waals surface area contributed by atoms with Crippen LogP contribution in [0.5, 0.6) is 0 Å². The van der Waals surface area contributed by atoms with Gasteiger partial charge >= 0.3 is 37.0 Å². The number of hydrogen-bond acceptors (Lipinski definition) is 4. The lowest BCUT2D eigenvalue weighted by atomic mass is 10.7. The third-order valence-corrected chi connectivity index (χ3v) is 6.12. The molecule has 0 saturated heterocycles. The average molecular weight is 390 g/mol. The molecule has 1 aromatic rings. The Hall–Kier alpha value is -1.51. The van der Waals surface area contributed by atoms with E-state index in [0.717, 1.165) is 19.4 Å². The molecule has 1 heterocycles. The van der Waals surface area contributed by atoms with Crippen LogP contribution in [0.1, 0.15) is 6.92 Å². The number of rotatable bonds is 4. The second kappa shape index (κ2) is 5.54. The summed E-state index contributed by atoms with van der Waals surface area (Å²) in [5.41, 5.74) is -12.5. The molecule has 0 spiro atoms. The van der Waals surface area contributed by atoms with Crippen molar-refractivity contribution < 1.29 is 47.7 Å². The molecule has 0 aromatic carbocycles. The number of halogens is 6. The van der Waals surface area contributed by atoms with Crippen LogP contribution in [0, 0.1) is 0 Å². The number of imidazole rings is 1. The van der Waals surface area contributed by atoms with Gasteiger partial charge in [-0.3, -0.25) is 0 Å². The lowest BCUT2D eigenvalue weighted by molar-refractivity contribution is -0.656. The fourth-order valence-electron chi connectivity index (χ4n) is 1.53. The van der Waals surface area contributed by atoms with Crippen LogP contribution in [0.3, 0.4) is 0 Å². The normalized spacial score (nSPS) is 14.1. The number of aryl methyl sites for hydroxylation is 2. The van der Waals surface area contributed by atoms with E-state index >= 15 is 0 Å². The van der Waals surface area contributed by atoms with E-state index in [2.05, 4.69) is 0 Å². The molecule has 15 heteroatoms. The number of anilines is 1. The summed E-state index contributed by atoms with van der Waals surface area (Å²) in [5, 5.41) is 0. The quantitative estimate of drug-likeness (QED) is 0.564. The van der Waals surface area contributed by atoms with Gasteiger partial charge < -0.3 is 0 Å². The molecular weight excluding hydrogens is 380 g/mol. The molecule has 0 fully saturated rings. The SMILES string of the molecule is CCn1cc[n+](C)c1N(S(=O)(=O)C(F)(F)F)S(=O)(=O)C(F)(F)F. The van der Waals surface area contributed by atoms with Gasteiger partial charge in [-0.1, -0.05) is 0 Å². The van der Waals surface area contributed by atoms with Gasteiger partial charge in [0.25, 0.3) is 0 Å². The number of hydrogen-bond donors (Lipinski definition) is 0. The maximum absolute atomic E-state index is 12.7. The second-order valence-corrected chi connectivity index (χ2v) is 7.88. The van der Waals surface area contributed by atoms with Gasteiger partial charge in [-0.2, -0.15) is 43.2 Å². The van der Waals surface area contributed by atoms with E-state index in [1.54, 1.807) is 0 Å². The molecule has 0 unspecified atom stereocenters. The molecule has 134 valence electrons. The first-order valence-electron chi connectivity index (χ1n) is 5.57. The van der Waals surface area contributed by atoms with Crippen molar-refractivity contribution >= 4 is 26.0 Å². The van der Waals surface area contributed by atoms with Crippen molar-refractivity contribution in [3.63, 3.8) is 0 Å². The van der Waals surface area contributed by atoms with Crippen molar-refractivity contribution in [2.24, 2.45) is 7.05 Å². The van der Waals surface area contributed by atoms with Gasteiger partial charge in [0.05, 0.1) is 26.0 Å². The molecule has 0 atom stereocenters. The minimum absolute atomic E-state index is 0.284. The third-order valence-electron chi connectivity index (χ3n) is 2.57. The van der Waals surface area contributed by atoms with E-state index in [-0.39, 0.29) is 6.54 Å². The number of sulfonamides is 2. The van der Waals surface area contributed by atoms with E-state index < -0.39 is 40.7 Å². The lowest BCUT2D eigenvalue weighted by Crippen LogP contribution is -2.54. The molecular formula is C8H10F6N3O4S2+. The first kappa shape index (κ1) is 19.5. The van der Waals surface area contributed by atoms with Crippen LogP contribution < -0.4 is 8.28 Å². The van der Waals surface area contributed by atoms with Crippen LogP contribution >= 0.6 is 0 Å². The van der Waals surface area contributed by atoms with Crippen LogP contribution in [0.4, 0.5) is 32.3 Å². The Balaban J connectivity index is 3.90. The molecule has 0 N–H and O–H groups in total. The molecule has 0 aliphatic heterocycles. The summed E-state index contributed by atoms with van der Waals surface area (Å²) in [4.78, 5) is 0. The summed E-state index contributed by atoms with van der Waals surface area (Å²) < 4.78 is 121. The topological polar surface area (TPSA) is 80.3 Å². The summed E-state index contributed by atoms with van der Waals surface area (Å²) >= 11 is 0. The maximum atomic E-state index is 12.7. The summed E-state index contributed by atoms with van der Waals surface area (Å²) in [6.07, 6.45) is 1.84. The molecule has 0 aliphatic carbocycles. The van der Waals surface area contributed by atoms with E-state index in [4.69, 9.17) is 0 Å². The largest absolute Gasteiger partial charge is 0.531 e. The van der Waals surface area contributed by atoms with E-state index in [9.17, 15) is 43.2 Å². The van der Waals surface area contributed by atoms with Gasteiger partial charge in [0.15, 0.2) is 0 Å². The van der Waals surface area contributed by atoms with E-state index in [1.165, 1.54) is 6.92 Å². The maximum Gasteiger partial charge on any atom is 0.531 e. The van der Waals surface area contributed by atoms with E-state index in [1.807, 2.05) is 0 Å². The fraction of sp³-hybridized carbons (Fsp3) is 0.625. The molecule has 0 aliphatic rings. The molecule has 0 saturated carbocycles. The highest BCUT2D eigenvalue weighted by atomic mass is 32.3. The predicted octanol–water partition coefficient (Wildman–Crippen LogP) is 0.838. The highest BCUT2D eigenvalue weighted by Crippen LogP contribution is 2.37. The Kier molecular flexibility index (Phi) is 4.70. The van der Waals surface area contributed by atoms with Gasteiger partial charge in [-0.15, -0.1) is 0 Å². The van der Waals surface area contributed by atoms with E-state index in [0.29, 0.717) is 9.13 Å². The Labute approximate surface area is 126 Å². The van der Waals surface area contributed by atoms with Crippen molar-refractivity contribution in [1.29, 1.82) is 0 Å². The monoisotopic (exact) mass is 390 g/mol. The Morgan fingerprint density at radius 2 is 1.43 bits per heavy atom. The standard InChI is InChI=1S/C8H10F6N3O4S2/c1-3-16-5-4-15(2)6(16)17(22(18,19)7(9,10)11)23(20,21)8(12,13)14/h4-5H,3H2,1-2H3/q+1. The van der Waals surface area contributed by atoms with Crippen molar-refractivity contribution in [3.05, 3.63) is 12.4 Å². The van der Waals surface area contributed by atoms with Gasteiger partial charge in [-0.05, 0) is 10.6 Å². The summed E-state index contributed by atoms with van der Waals surface area (Å²) in [6.45, 7) is 0.982. The number of alkyl halides is 6. The Morgan fingerprint density at radius 1 is 1.04 bits per heavy atom. The van der Waals surface area contributed by atoms with Crippen molar-refractivity contribution in [3.8, 4) is 0 Å². The molecule has 7 nitrogen and oxygen atoms in total. The second-order valence-electron chi connectivity index (χ2n) is 4.09. The molecule has 1 rings (SSSR count). The Morgan fingerprint density at radius 3 is 1.74 bits per heavy atom. The molecule has 0 radical (unpaired) electrons. The van der Waals surface area contributed by atoms with Crippen LogP contribution in [-0.4, -0.2) is 32.4 Å². The highest BCUT2D eigenvalue weighted by molar-refractivity contribution is 8.11. The van der Waals surface area contributed by atoms with Gasteiger partial charge in [0.1, 0.15) is 0 Å². The van der Waals surface area contributed by atoms with Crippen LogP contribution in [-0.2, 0) is 33.6 Å². The first-order chi connectivity index (χ1) is 10.1. The number of aromatic nitrogens is 2. The first-order valence-corrected chi connectivity index (χ1v) is 8.45. The predicted molar refractivity (Wildman–Crippen MR) is 63.7 cm³/mol. The molecule has 0 bridgehead atoms. The van der Waals surface area contributed by atoms with Crippen LogP contribution in [0.25, 0.3) is 0 Å². The summed E-state index contributed by atoms with van der Waals surface area (Å²) in [6, 6.07) is 0. The molecule has 23 heavy (non-hydrogen) atoms. The van der Waals surface area contributed by atoms with Gasteiger partial charge in [0, 0.05) is 0 Å². The third kappa shape index (κ3) is 3.11. The minimum atomic E-state index is -6.87. The number of nitrogens with zero attached hydrogens (tertiary/aromatic N) is 3. The highest BCUT2D eigenvalue weighted by Gasteiger charge is 2.67. The zero-order chi connectivity index (χ0) is 18.4. The average Bonchev–Trinajstić information content (AvgIpc) is 2.67. The Bertz CT molecular complexity index is 749. The molecule has 1 aromatic heterocycles. The zero-order valence-corrected chi connectivity index (χ0v) is 13.1. The van der Waals surface area contributed by atoms with Gasteiger partial charge in [-0.25, -0.2) is 9.13 Å². The van der Waals surface area contributed by atoms with Crippen molar-refractivity contribution in [2.45, 2.75) is 24.5 Å². The summed E-state index contributed by atoms with van der Waals surface area (Å²) in [7, 11) is -12.9. The van der Waals surface area contributed by atoms with Crippen molar-refractivity contribution in [2.75, 3.05) is 3.71 Å². The minimum Gasteiger partial charge on any atom is -0.236 e. The zero-order valence-electron chi connectivity index (χ0n) is 11.4. The lowest BCUT2D eigenvalue weighted by Gasteiger charge is -2.20.